The number of rotatable bonds is 11. The summed E-state index contributed by atoms with van der Waals surface area (Å²) in [5, 5.41) is 8.77. The molecule has 1 N–H and O–H groups in total. The van der Waals surface area contributed by atoms with E-state index in [0.717, 1.165) is 17.6 Å². The van der Waals surface area contributed by atoms with Crippen molar-refractivity contribution >= 4 is 22.4 Å². The zero-order valence-corrected chi connectivity index (χ0v) is 22.6. The Morgan fingerprint density at radius 1 is 0.950 bits per heavy atom. The number of likely N-dealkylation sites (N-methyl/N-ethyl adjacent to an activating group) is 1. The van der Waals surface area contributed by atoms with Crippen LogP contribution in [0.1, 0.15) is 12.5 Å². The first-order chi connectivity index (χ1) is 19.4. The Morgan fingerprint density at radius 3 is 2.40 bits per heavy atom. The summed E-state index contributed by atoms with van der Waals surface area (Å²) in [6.45, 7) is 3.13. The highest BCUT2D eigenvalue weighted by molar-refractivity contribution is 5.92. The third-order valence-corrected chi connectivity index (χ3v) is 6.19. The van der Waals surface area contributed by atoms with Crippen molar-refractivity contribution in [2.24, 2.45) is 0 Å². The van der Waals surface area contributed by atoms with Gasteiger partial charge in [-0.05, 0) is 39.2 Å². The third kappa shape index (κ3) is 6.02. The highest BCUT2D eigenvalue weighted by Gasteiger charge is 2.20. The molecule has 0 unspecified atom stereocenters. The van der Waals surface area contributed by atoms with Crippen LogP contribution in [-0.4, -0.2) is 58.5 Å². The Kier molecular flexibility index (Phi) is 8.16. The first kappa shape index (κ1) is 27.0. The predicted molar refractivity (Wildman–Crippen MR) is 151 cm³/mol. The zero-order chi connectivity index (χ0) is 28.1. The van der Waals surface area contributed by atoms with Gasteiger partial charge in [0, 0.05) is 35.3 Å². The largest absolute Gasteiger partial charge is 0.494 e. The molecule has 0 fully saturated rings. The van der Waals surface area contributed by atoms with Gasteiger partial charge in [0.25, 0.3) is 0 Å². The fourth-order valence-corrected chi connectivity index (χ4v) is 4.22. The van der Waals surface area contributed by atoms with Crippen LogP contribution in [0.3, 0.4) is 0 Å². The molecular weight excluding hydrogens is 514 g/mol. The fourth-order valence-electron chi connectivity index (χ4n) is 4.22. The van der Waals surface area contributed by atoms with E-state index in [2.05, 4.69) is 10.3 Å². The molecule has 10 heteroatoms. The van der Waals surface area contributed by atoms with Gasteiger partial charge in [0.15, 0.2) is 17.4 Å². The molecule has 0 aliphatic carbocycles. The normalized spacial score (nSPS) is 11.2. The molecule has 0 radical (unpaired) electrons. The van der Waals surface area contributed by atoms with Crippen molar-refractivity contribution in [2.45, 2.75) is 13.5 Å². The average molecular weight is 545 g/mol. The Hall–Kier alpha value is -4.57. The molecule has 0 atom stereocenters. The number of aromatic nitrogens is 4. The molecule has 0 bridgehead atoms. The van der Waals surface area contributed by atoms with E-state index in [-0.39, 0.29) is 17.9 Å². The summed E-state index contributed by atoms with van der Waals surface area (Å²) in [5.74, 6) is 0.0747. The quantitative estimate of drug-likeness (QED) is 0.222. The number of para-hydroxylation sites is 2. The summed E-state index contributed by atoms with van der Waals surface area (Å²) in [6, 6.07) is 19.5. The fraction of sp³-hybridized carbons (Fsp3) is 0.233. The van der Waals surface area contributed by atoms with Crippen molar-refractivity contribution in [3.63, 3.8) is 0 Å². The summed E-state index contributed by atoms with van der Waals surface area (Å²) in [7, 11) is 3.94. The van der Waals surface area contributed by atoms with Gasteiger partial charge in [0.1, 0.15) is 29.7 Å². The highest BCUT2D eigenvalue weighted by atomic mass is 19.1. The number of nitrogens with zero attached hydrogens (tertiary/aromatic N) is 5. The Labute approximate surface area is 231 Å². The van der Waals surface area contributed by atoms with Gasteiger partial charge in [-0.15, -0.1) is 0 Å². The lowest BCUT2D eigenvalue weighted by molar-refractivity contribution is 0.261. The molecule has 5 aromatic rings. The topological polar surface area (TPSA) is 77.3 Å². The number of hydrogen-bond donors (Lipinski definition) is 1. The standard InChI is InChI=1S/C30H30F2N6O2/c1-4-39-21-16-24(31)23(25(32)17-21)19-38-26-13-9-8-12-22(26)28(36-38)30-33-18-27(40-15-14-37(2)3)29(35-30)34-20-10-6-5-7-11-20/h5-13,16-18H,4,14-15,19H2,1-3H3,(H,33,34,35). The van der Waals surface area contributed by atoms with E-state index in [1.165, 1.54) is 12.1 Å². The summed E-state index contributed by atoms with van der Waals surface area (Å²) >= 11 is 0. The van der Waals surface area contributed by atoms with Crippen LogP contribution in [-0.2, 0) is 6.54 Å². The number of ether oxygens (including phenoxy) is 2. The van der Waals surface area contributed by atoms with Gasteiger partial charge >= 0.3 is 0 Å². The lowest BCUT2D eigenvalue weighted by atomic mass is 10.1. The molecule has 0 saturated carbocycles. The van der Waals surface area contributed by atoms with E-state index >= 15 is 0 Å². The van der Waals surface area contributed by atoms with Crippen LogP contribution in [0.2, 0.25) is 0 Å². The van der Waals surface area contributed by atoms with Crippen molar-refractivity contribution in [3.8, 4) is 23.0 Å². The maximum atomic E-state index is 14.9. The lowest BCUT2D eigenvalue weighted by Gasteiger charge is -2.15. The first-order valence-electron chi connectivity index (χ1n) is 13.0. The highest BCUT2D eigenvalue weighted by Crippen LogP contribution is 2.32. The van der Waals surface area contributed by atoms with E-state index in [1.54, 1.807) is 17.8 Å². The van der Waals surface area contributed by atoms with Crippen molar-refractivity contribution < 1.29 is 18.3 Å². The number of hydrogen-bond acceptors (Lipinski definition) is 7. The minimum atomic E-state index is -0.700. The predicted octanol–water partition coefficient (Wildman–Crippen LogP) is 5.90. The molecule has 8 nitrogen and oxygen atoms in total. The first-order valence-corrected chi connectivity index (χ1v) is 13.0. The van der Waals surface area contributed by atoms with Gasteiger partial charge in [-0.1, -0.05) is 36.4 Å². The molecule has 3 aromatic carbocycles. The number of benzene rings is 3. The van der Waals surface area contributed by atoms with E-state index in [4.69, 9.17) is 19.6 Å². The smallest absolute Gasteiger partial charge is 0.183 e. The molecular formula is C30H30F2N6O2. The van der Waals surface area contributed by atoms with E-state index in [1.807, 2.05) is 73.6 Å². The molecule has 40 heavy (non-hydrogen) atoms. The van der Waals surface area contributed by atoms with Gasteiger partial charge in [0.05, 0.1) is 24.9 Å². The summed E-state index contributed by atoms with van der Waals surface area (Å²) < 4.78 is 42.6. The zero-order valence-electron chi connectivity index (χ0n) is 22.6. The van der Waals surface area contributed by atoms with Crippen molar-refractivity contribution in [2.75, 3.05) is 39.2 Å². The second-order valence-electron chi connectivity index (χ2n) is 9.37. The monoisotopic (exact) mass is 544 g/mol. The minimum Gasteiger partial charge on any atom is -0.494 e. The van der Waals surface area contributed by atoms with E-state index < -0.39 is 11.6 Å². The molecule has 0 spiro atoms. The molecule has 5 rings (SSSR count). The van der Waals surface area contributed by atoms with Crippen LogP contribution in [0, 0.1) is 11.6 Å². The average Bonchev–Trinajstić information content (AvgIpc) is 3.30. The van der Waals surface area contributed by atoms with Gasteiger partial charge in [0.2, 0.25) is 0 Å². The summed E-state index contributed by atoms with van der Waals surface area (Å²) in [5.41, 5.74) is 1.90. The molecule has 206 valence electrons. The number of halogens is 2. The number of nitrogens with one attached hydrogen (secondary N) is 1. The molecule has 0 amide bonds. The van der Waals surface area contributed by atoms with E-state index in [0.29, 0.717) is 41.8 Å². The van der Waals surface area contributed by atoms with Crippen LogP contribution in [0.25, 0.3) is 22.4 Å². The van der Waals surface area contributed by atoms with Crippen molar-refractivity contribution in [1.29, 1.82) is 0 Å². The SMILES string of the molecule is CCOc1cc(F)c(Cn2nc(-c3ncc(OCCN(C)C)c(Nc4ccccc4)n3)c3ccccc32)c(F)c1. The van der Waals surface area contributed by atoms with Crippen LogP contribution in [0.15, 0.2) is 72.9 Å². The molecule has 0 saturated heterocycles. The molecule has 0 aliphatic heterocycles. The second kappa shape index (κ2) is 12.1. The third-order valence-electron chi connectivity index (χ3n) is 6.19. The van der Waals surface area contributed by atoms with Gasteiger partial charge in [-0.25, -0.2) is 18.7 Å². The number of anilines is 2. The van der Waals surface area contributed by atoms with Crippen LogP contribution in [0.5, 0.6) is 11.5 Å². The molecule has 2 aromatic heterocycles. The van der Waals surface area contributed by atoms with Gasteiger partial charge in [-0.2, -0.15) is 5.10 Å². The summed E-state index contributed by atoms with van der Waals surface area (Å²) in [6.07, 6.45) is 1.61. The van der Waals surface area contributed by atoms with Crippen molar-refractivity contribution in [3.05, 3.63) is 90.1 Å². The summed E-state index contributed by atoms with van der Waals surface area (Å²) in [4.78, 5) is 11.4. The Balaban J connectivity index is 1.53. The minimum absolute atomic E-state index is 0.111. The number of fused-ring (bicyclic) bond motifs is 1. The Bertz CT molecular complexity index is 1580. The van der Waals surface area contributed by atoms with Gasteiger partial charge in [-0.3, -0.25) is 4.68 Å². The van der Waals surface area contributed by atoms with Crippen LogP contribution in [0.4, 0.5) is 20.3 Å². The second-order valence-corrected chi connectivity index (χ2v) is 9.37. The maximum absolute atomic E-state index is 14.9. The van der Waals surface area contributed by atoms with Crippen LogP contribution < -0.4 is 14.8 Å². The molecule has 0 aliphatic rings. The molecule has 2 heterocycles. The van der Waals surface area contributed by atoms with Gasteiger partial charge < -0.3 is 19.7 Å². The van der Waals surface area contributed by atoms with Crippen LogP contribution >= 0.6 is 0 Å². The maximum Gasteiger partial charge on any atom is 0.183 e. The Morgan fingerprint density at radius 2 is 1.68 bits per heavy atom. The lowest BCUT2D eigenvalue weighted by Crippen LogP contribution is -2.20. The van der Waals surface area contributed by atoms with E-state index in [9.17, 15) is 8.78 Å². The van der Waals surface area contributed by atoms with Crippen molar-refractivity contribution in [1.82, 2.24) is 24.6 Å².